The van der Waals surface area contributed by atoms with Crippen molar-refractivity contribution in [3.63, 3.8) is 0 Å². The Morgan fingerprint density at radius 2 is 2.11 bits per heavy atom. The molecule has 2 rings (SSSR count). The standard InChI is InChI=1S/C11H9BrN4O2/c1-7-2-3-9(6-13-7)15-11-10(16(17)18)4-8(12)5-14-11/h2-6H,1H3,(H,14,15). The van der Waals surface area contributed by atoms with E-state index in [1.807, 2.05) is 13.0 Å². The Balaban J connectivity index is 2.34. The van der Waals surface area contributed by atoms with Crippen LogP contribution in [-0.2, 0) is 0 Å². The number of hydrogen-bond donors (Lipinski definition) is 1. The molecule has 2 aromatic rings. The lowest BCUT2D eigenvalue weighted by molar-refractivity contribution is -0.384. The van der Waals surface area contributed by atoms with Crippen LogP contribution >= 0.6 is 15.9 Å². The van der Waals surface area contributed by atoms with E-state index in [-0.39, 0.29) is 11.5 Å². The number of hydrogen-bond acceptors (Lipinski definition) is 5. The predicted molar refractivity (Wildman–Crippen MR) is 70.8 cm³/mol. The van der Waals surface area contributed by atoms with Crippen molar-refractivity contribution >= 4 is 33.1 Å². The molecule has 0 saturated heterocycles. The SMILES string of the molecule is Cc1ccc(Nc2ncc(Br)cc2[N+](=O)[O-])cn1. The molecule has 92 valence electrons. The van der Waals surface area contributed by atoms with E-state index in [2.05, 4.69) is 31.2 Å². The van der Waals surface area contributed by atoms with Gasteiger partial charge in [0.15, 0.2) is 0 Å². The van der Waals surface area contributed by atoms with E-state index in [0.717, 1.165) is 5.69 Å². The summed E-state index contributed by atoms with van der Waals surface area (Å²) in [6.45, 7) is 1.87. The van der Waals surface area contributed by atoms with Gasteiger partial charge in [-0.1, -0.05) is 0 Å². The lowest BCUT2D eigenvalue weighted by Crippen LogP contribution is -2.00. The van der Waals surface area contributed by atoms with Crippen LogP contribution in [0.2, 0.25) is 0 Å². The summed E-state index contributed by atoms with van der Waals surface area (Å²) < 4.78 is 0.557. The third-order valence-corrected chi connectivity index (χ3v) is 2.64. The van der Waals surface area contributed by atoms with Crippen LogP contribution in [0.5, 0.6) is 0 Å². The van der Waals surface area contributed by atoms with E-state index >= 15 is 0 Å². The van der Waals surface area contributed by atoms with Crippen LogP contribution < -0.4 is 5.32 Å². The largest absolute Gasteiger partial charge is 0.333 e. The number of rotatable bonds is 3. The smallest absolute Gasteiger partial charge is 0.312 e. The highest BCUT2D eigenvalue weighted by Crippen LogP contribution is 2.27. The van der Waals surface area contributed by atoms with Crippen molar-refractivity contribution in [3.05, 3.63) is 50.9 Å². The van der Waals surface area contributed by atoms with Gasteiger partial charge >= 0.3 is 5.69 Å². The first-order valence-corrected chi connectivity index (χ1v) is 5.85. The Morgan fingerprint density at radius 3 is 2.72 bits per heavy atom. The summed E-state index contributed by atoms with van der Waals surface area (Å²) in [7, 11) is 0. The monoisotopic (exact) mass is 308 g/mol. The normalized spacial score (nSPS) is 10.1. The number of aromatic nitrogens is 2. The number of nitrogens with one attached hydrogen (secondary N) is 1. The molecule has 0 unspecified atom stereocenters. The molecule has 7 heteroatoms. The van der Waals surface area contributed by atoms with Crippen LogP contribution in [0.15, 0.2) is 35.1 Å². The van der Waals surface area contributed by atoms with E-state index in [4.69, 9.17) is 0 Å². The summed E-state index contributed by atoms with van der Waals surface area (Å²) in [6.07, 6.45) is 3.10. The van der Waals surface area contributed by atoms with Gasteiger partial charge in [0.1, 0.15) is 0 Å². The van der Waals surface area contributed by atoms with Crippen molar-refractivity contribution in [3.8, 4) is 0 Å². The highest BCUT2D eigenvalue weighted by atomic mass is 79.9. The molecule has 0 aliphatic heterocycles. The first kappa shape index (κ1) is 12.4. The third-order valence-electron chi connectivity index (χ3n) is 2.21. The van der Waals surface area contributed by atoms with Gasteiger partial charge in [0.2, 0.25) is 5.82 Å². The van der Waals surface area contributed by atoms with Gasteiger partial charge in [0.05, 0.1) is 16.8 Å². The number of nitro groups is 1. The van der Waals surface area contributed by atoms with Crippen molar-refractivity contribution in [1.29, 1.82) is 0 Å². The van der Waals surface area contributed by atoms with E-state index in [0.29, 0.717) is 10.2 Å². The predicted octanol–water partition coefficient (Wildman–Crippen LogP) is 3.20. The number of nitrogens with zero attached hydrogens (tertiary/aromatic N) is 3. The minimum atomic E-state index is -0.484. The summed E-state index contributed by atoms with van der Waals surface area (Å²) in [5.74, 6) is 0.189. The first-order valence-electron chi connectivity index (χ1n) is 5.06. The molecule has 0 spiro atoms. The zero-order valence-corrected chi connectivity index (χ0v) is 11.0. The Labute approximate surface area is 111 Å². The average Bonchev–Trinajstić information content (AvgIpc) is 2.34. The van der Waals surface area contributed by atoms with Crippen molar-refractivity contribution in [2.45, 2.75) is 6.92 Å². The molecule has 0 bridgehead atoms. The summed E-state index contributed by atoms with van der Waals surface area (Å²) in [6, 6.07) is 5.00. The fraction of sp³-hybridized carbons (Fsp3) is 0.0909. The zero-order valence-electron chi connectivity index (χ0n) is 9.42. The zero-order chi connectivity index (χ0) is 13.1. The second-order valence-corrected chi connectivity index (χ2v) is 4.51. The van der Waals surface area contributed by atoms with Crippen LogP contribution in [-0.4, -0.2) is 14.9 Å². The Bertz CT molecular complexity index is 586. The van der Waals surface area contributed by atoms with E-state index in [1.54, 1.807) is 12.3 Å². The topological polar surface area (TPSA) is 81.0 Å². The summed E-state index contributed by atoms with van der Waals surface area (Å²) in [5, 5.41) is 13.8. The summed E-state index contributed by atoms with van der Waals surface area (Å²) in [5.41, 5.74) is 1.43. The third kappa shape index (κ3) is 2.80. The van der Waals surface area contributed by atoms with Gasteiger partial charge in [-0.05, 0) is 35.0 Å². The van der Waals surface area contributed by atoms with Gasteiger partial charge in [-0.3, -0.25) is 15.1 Å². The lowest BCUT2D eigenvalue weighted by Gasteiger charge is -2.06. The highest BCUT2D eigenvalue weighted by molar-refractivity contribution is 9.10. The molecule has 0 atom stereocenters. The molecule has 1 N–H and O–H groups in total. The molecule has 2 aromatic heterocycles. The molecular weight excluding hydrogens is 300 g/mol. The number of anilines is 2. The van der Waals surface area contributed by atoms with Crippen LogP contribution in [0, 0.1) is 17.0 Å². The molecule has 0 aromatic carbocycles. The van der Waals surface area contributed by atoms with Crippen LogP contribution in [0.4, 0.5) is 17.2 Å². The molecule has 6 nitrogen and oxygen atoms in total. The Kier molecular flexibility index (Phi) is 3.52. The highest BCUT2D eigenvalue weighted by Gasteiger charge is 2.15. The molecule has 0 amide bonds. The van der Waals surface area contributed by atoms with Gasteiger partial charge in [0.25, 0.3) is 0 Å². The fourth-order valence-corrected chi connectivity index (χ4v) is 1.66. The van der Waals surface area contributed by atoms with Gasteiger partial charge < -0.3 is 5.32 Å². The van der Waals surface area contributed by atoms with E-state index in [9.17, 15) is 10.1 Å². The van der Waals surface area contributed by atoms with E-state index < -0.39 is 4.92 Å². The van der Waals surface area contributed by atoms with Gasteiger partial charge in [-0.2, -0.15) is 0 Å². The molecule has 18 heavy (non-hydrogen) atoms. The molecular formula is C11H9BrN4O2. The van der Waals surface area contributed by atoms with Crippen molar-refractivity contribution < 1.29 is 4.92 Å². The molecule has 0 fully saturated rings. The fourth-order valence-electron chi connectivity index (χ4n) is 1.34. The maximum absolute atomic E-state index is 10.9. The maximum Gasteiger partial charge on any atom is 0.312 e. The minimum Gasteiger partial charge on any atom is -0.333 e. The number of halogens is 1. The number of pyridine rings is 2. The minimum absolute atomic E-state index is 0.0926. The van der Waals surface area contributed by atoms with Gasteiger partial charge in [-0.25, -0.2) is 4.98 Å². The second-order valence-electron chi connectivity index (χ2n) is 3.59. The number of aryl methyl sites for hydroxylation is 1. The lowest BCUT2D eigenvalue weighted by atomic mass is 10.3. The molecule has 0 radical (unpaired) electrons. The second kappa shape index (κ2) is 5.09. The van der Waals surface area contributed by atoms with Crippen molar-refractivity contribution in [1.82, 2.24) is 9.97 Å². The van der Waals surface area contributed by atoms with E-state index in [1.165, 1.54) is 12.3 Å². The van der Waals surface area contributed by atoms with Crippen molar-refractivity contribution in [2.75, 3.05) is 5.32 Å². The molecule has 0 aliphatic carbocycles. The van der Waals surface area contributed by atoms with Gasteiger partial charge in [0, 0.05) is 22.4 Å². The Morgan fingerprint density at radius 1 is 1.33 bits per heavy atom. The summed E-state index contributed by atoms with van der Waals surface area (Å²) >= 11 is 3.15. The van der Waals surface area contributed by atoms with Crippen molar-refractivity contribution in [2.24, 2.45) is 0 Å². The van der Waals surface area contributed by atoms with Crippen LogP contribution in [0.1, 0.15) is 5.69 Å². The Hall–Kier alpha value is -2.02. The molecule has 0 saturated carbocycles. The average molecular weight is 309 g/mol. The first-order chi connectivity index (χ1) is 8.56. The molecule has 2 heterocycles. The maximum atomic E-state index is 10.9. The van der Waals surface area contributed by atoms with Gasteiger partial charge in [-0.15, -0.1) is 0 Å². The van der Waals surface area contributed by atoms with Crippen LogP contribution in [0.3, 0.4) is 0 Å². The molecule has 0 aliphatic rings. The quantitative estimate of drug-likeness (QED) is 0.695. The van der Waals surface area contributed by atoms with Crippen LogP contribution in [0.25, 0.3) is 0 Å². The summed E-state index contributed by atoms with van der Waals surface area (Å²) in [4.78, 5) is 18.5.